The molecular weight excluding hydrogens is 199 g/mol. The van der Waals surface area contributed by atoms with Gasteiger partial charge in [-0.05, 0) is 32.4 Å². The first-order valence-electron chi connectivity index (χ1n) is 4.63. The fraction of sp³-hybridized carbons (Fsp3) is 0.400. The quantitative estimate of drug-likeness (QED) is 0.619. The smallest absolute Gasteiger partial charge is 0.295 e. The second-order valence-corrected chi connectivity index (χ2v) is 3.67. The van der Waals surface area contributed by atoms with Crippen LogP contribution in [0.25, 0.3) is 0 Å². The third-order valence-corrected chi connectivity index (χ3v) is 1.92. The highest BCUT2D eigenvalue weighted by molar-refractivity contribution is 5.63. The van der Waals surface area contributed by atoms with Crippen LogP contribution in [0.3, 0.4) is 0 Å². The molecule has 0 heterocycles. The Bertz CT molecular complexity index is 391. The Morgan fingerprint density at radius 3 is 2.53 bits per heavy atom. The molecule has 82 valence electrons. The van der Waals surface area contributed by atoms with E-state index in [4.69, 9.17) is 0 Å². The van der Waals surface area contributed by atoms with Crippen LogP contribution in [0.1, 0.15) is 19.4 Å². The molecule has 15 heavy (non-hydrogen) atoms. The van der Waals surface area contributed by atoms with Crippen LogP contribution in [0.15, 0.2) is 12.1 Å². The predicted octanol–water partition coefficient (Wildman–Crippen LogP) is 2.86. The third-order valence-electron chi connectivity index (χ3n) is 1.92. The van der Waals surface area contributed by atoms with Crippen molar-refractivity contribution in [1.29, 1.82) is 0 Å². The van der Waals surface area contributed by atoms with E-state index < -0.39 is 10.7 Å². The molecule has 0 radical (unpaired) electrons. The van der Waals surface area contributed by atoms with Gasteiger partial charge in [-0.25, -0.2) is 4.39 Å². The minimum Gasteiger partial charge on any atom is -0.377 e. The summed E-state index contributed by atoms with van der Waals surface area (Å²) in [7, 11) is 0. The molecule has 1 N–H and O–H groups in total. The van der Waals surface area contributed by atoms with Crippen LogP contribution in [0.4, 0.5) is 15.8 Å². The van der Waals surface area contributed by atoms with Gasteiger partial charge in [0, 0.05) is 6.04 Å². The van der Waals surface area contributed by atoms with Gasteiger partial charge in [0.2, 0.25) is 0 Å². The summed E-state index contributed by atoms with van der Waals surface area (Å²) in [6.07, 6.45) is 0. The van der Waals surface area contributed by atoms with Gasteiger partial charge in [-0.3, -0.25) is 10.1 Å². The monoisotopic (exact) mass is 212 g/mol. The van der Waals surface area contributed by atoms with Gasteiger partial charge < -0.3 is 5.32 Å². The maximum Gasteiger partial charge on any atom is 0.295 e. The van der Waals surface area contributed by atoms with E-state index >= 15 is 0 Å². The number of aryl methyl sites for hydroxylation is 1. The van der Waals surface area contributed by atoms with Gasteiger partial charge in [-0.1, -0.05) is 0 Å². The van der Waals surface area contributed by atoms with Crippen molar-refractivity contribution in [3.8, 4) is 0 Å². The second-order valence-electron chi connectivity index (χ2n) is 3.67. The number of rotatable bonds is 3. The Hall–Kier alpha value is -1.65. The standard InChI is InChI=1S/C10H13FN2O2/c1-6(2)12-9-4-7(3)8(11)5-10(9)13(14)15/h4-6,12H,1-3H3. The van der Waals surface area contributed by atoms with Crippen molar-refractivity contribution in [2.45, 2.75) is 26.8 Å². The molecule has 4 nitrogen and oxygen atoms in total. The molecular formula is C10H13FN2O2. The highest BCUT2D eigenvalue weighted by Crippen LogP contribution is 2.27. The molecule has 1 aromatic carbocycles. The van der Waals surface area contributed by atoms with Gasteiger partial charge in [-0.2, -0.15) is 0 Å². The molecule has 0 saturated carbocycles. The fourth-order valence-corrected chi connectivity index (χ4v) is 1.25. The number of nitro benzene ring substituents is 1. The number of nitrogens with zero attached hydrogens (tertiary/aromatic N) is 1. The molecule has 0 unspecified atom stereocenters. The number of nitrogens with one attached hydrogen (secondary N) is 1. The van der Waals surface area contributed by atoms with Crippen LogP contribution in [0.5, 0.6) is 0 Å². The summed E-state index contributed by atoms with van der Waals surface area (Å²) in [5, 5.41) is 13.6. The number of anilines is 1. The van der Waals surface area contributed by atoms with Crippen molar-refractivity contribution in [1.82, 2.24) is 0 Å². The average Bonchev–Trinajstić information content (AvgIpc) is 2.09. The normalized spacial score (nSPS) is 10.5. The summed E-state index contributed by atoms with van der Waals surface area (Å²) in [6.45, 7) is 5.30. The minimum absolute atomic E-state index is 0.0635. The van der Waals surface area contributed by atoms with E-state index in [1.807, 2.05) is 13.8 Å². The van der Waals surface area contributed by atoms with E-state index in [1.165, 1.54) is 6.07 Å². The maximum atomic E-state index is 13.1. The molecule has 0 aliphatic carbocycles. The zero-order valence-electron chi connectivity index (χ0n) is 8.87. The summed E-state index contributed by atoms with van der Waals surface area (Å²) in [5.41, 5.74) is 0.518. The Labute approximate surface area is 87.3 Å². The number of nitro groups is 1. The highest BCUT2D eigenvalue weighted by Gasteiger charge is 2.17. The molecule has 0 fully saturated rings. The van der Waals surface area contributed by atoms with Crippen LogP contribution in [-0.2, 0) is 0 Å². The van der Waals surface area contributed by atoms with Gasteiger partial charge >= 0.3 is 0 Å². The van der Waals surface area contributed by atoms with Crippen LogP contribution in [0, 0.1) is 22.9 Å². The summed E-state index contributed by atoms with van der Waals surface area (Å²) in [5.74, 6) is -0.559. The van der Waals surface area contributed by atoms with Crippen LogP contribution < -0.4 is 5.32 Å². The Balaban J connectivity index is 3.22. The van der Waals surface area contributed by atoms with Gasteiger partial charge in [0.15, 0.2) is 0 Å². The van der Waals surface area contributed by atoms with E-state index in [0.29, 0.717) is 11.3 Å². The topological polar surface area (TPSA) is 55.2 Å². The van der Waals surface area contributed by atoms with E-state index in [9.17, 15) is 14.5 Å². The number of benzene rings is 1. The lowest BCUT2D eigenvalue weighted by Crippen LogP contribution is -2.11. The van der Waals surface area contributed by atoms with Crippen molar-refractivity contribution in [3.63, 3.8) is 0 Å². The summed E-state index contributed by atoms with van der Waals surface area (Å²) in [6, 6.07) is 2.46. The third kappa shape index (κ3) is 2.65. The van der Waals surface area contributed by atoms with Crippen molar-refractivity contribution in [2.24, 2.45) is 0 Å². The summed E-state index contributed by atoms with van der Waals surface area (Å²) >= 11 is 0. The molecule has 0 bridgehead atoms. The molecule has 0 aliphatic heterocycles. The number of halogens is 1. The van der Waals surface area contributed by atoms with Crippen molar-refractivity contribution < 1.29 is 9.31 Å². The maximum absolute atomic E-state index is 13.1. The summed E-state index contributed by atoms with van der Waals surface area (Å²) in [4.78, 5) is 10.1. The van der Waals surface area contributed by atoms with Gasteiger partial charge in [0.1, 0.15) is 11.5 Å². The van der Waals surface area contributed by atoms with Gasteiger partial charge in [0.25, 0.3) is 5.69 Å². The van der Waals surface area contributed by atoms with Crippen molar-refractivity contribution >= 4 is 11.4 Å². The molecule has 0 saturated heterocycles. The first kappa shape index (κ1) is 11.4. The SMILES string of the molecule is Cc1cc(NC(C)C)c([N+](=O)[O-])cc1F. The van der Waals surface area contributed by atoms with E-state index in [1.54, 1.807) is 6.92 Å². The number of hydrogen-bond acceptors (Lipinski definition) is 3. The van der Waals surface area contributed by atoms with Crippen LogP contribution in [-0.4, -0.2) is 11.0 Å². The van der Waals surface area contributed by atoms with Crippen molar-refractivity contribution in [3.05, 3.63) is 33.6 Å². The molecule has 0 aromatic heterocycles. The molecule has 0 spiro atoms. The van der Waals surface area contributed by atoms with Crippen molar-refractivity contribution in [2.75, 3.05) is 5.32 Å². The zero-order valence-corrected chi connectivity index (χ0v) is 8.87. The Morgan fingerprint density at radius 1 is 1.47 bits per heavy atom. The highest BCUT2D eigenvalue weighted by atomic mass is 19.1. The Kier molecular flexibility index (Phi) is 3.24. The molecule has 1 rings (SSSR count). The van der Waals surface area contributed by atoms with Gasteiger partial charge in [-0.15, -0.1) is 0 Å². The average molecular weight is 212 g/mol. The molecule has 0 atom stereocenters. The zero-order chi connectivity index (χ0) is 11.6. The predicted molar refractivity (Wildman–Crippen MR) is 56.6 cm³/mol. The largest absolute Gasteiger partial charge is 0.377 e. The van der Waals surface area contributed by atoms with E-state index in [-0.39, 0.29) is 11.7 Å². The first-order valence-corrected chi connectivity index (χ1v) is 4.63. The number of hydrogen-bond donors (Lipinski definition) is 1. The summed E-state index contributed by atoms with van der Waals surface area (Å²) < 4.78 is 13.1. The fourth-order valence-electron chi connectivity index (χ4n) is 1.25. The minimum atomic E-state index is -0.590. The van der Waals surface area contributed by atoms with Crippen LogP contribution >= 0.6 is 0 Å². The van der Waals surface area contributed by atoms with Gasteiger partial charge in [0.05, 0.1) is 11.0 Å². The first-order chi connectivity index (χ1) is 6.91. The molecule has 5 heteroatoms. The lowest BCUT2D eigenvalue weighted by molar-refractivity contribution is -0.384. The molecule has 0 aliphatic rings. The Morgan fingerprint density at radius 2 is 2.07 bits per heavy atom. The van der Waals surface area contributed by atoms with Crippen LogP contribution in [0.2, 0.25) is 0 Å². The second kappa shape index (κ2) is 4.25. The molecule has 1 aromatic rings. The lowest BCUT2D eigenvalue weighted by Gasteiger charge is -2.11. The van der Waals surface area contributed by atoms with E-state index in [2.05, 4.69) is 5.32 Å². The van der Waals surface area contributed by atoms with E-state index in [0.717, 1.165) is 6.07 Å². The molecule has 0 amide bonds. The lowest BCUT2D eigenvalue weighted by atomic mass is 10.1.